The average Bonchev–Trinajstić information content (AvgIpc) is 2.70. The monoisotopic (exact) mass is 428 g/mol. The van der Waals surface area contributed by atoms with Crippen LogP contribution in [-0.2, 0) is 9.59 Å². The zero-order valence-electron chi connectivity index (χ0n) is 20.0. The quantitative estimate of drug-likeness (QED) is 0.757. The molecule has 172 valence electrons. The summed E-state index contributed by atoms with van der Waals surface area (Å²) < 4.78 is 0. The van der Waals surface area contributed by atoms with Crippen molar-refractivity contribution in [1.82, 2.24) is 20.0 Å². The number of benzene rings is 1. The van der Waals surface area contributed by atoms with Crippen LogP contribution in [0, 0.1) is 25.7 Å². The normalized spacial score (nSPS) is 24.1. The molecule has 0 aromatic heterocycles. The smallest absolute Gasteiger partial charge is 0.236 e. The Bertz CT molecular complexity index is 763. The van der Waals surface area contributed by atoms with Gasteiger partial charge >= 0.3 is 0 Å². The minimum absolute atomic E-state index is 0.0000339. The van der Waals surface area contributed by atoms with Crippen LogP contribution in [0.15, 0.2) is 18.2 Å². The molecule has 0 spiro atoms. The van der Waals surface area contributed by atoms with E-state index in [9.17, 15) is 9.59 Å². The molecule has 1 aromatic carbocycles. The lowest BCUT2D eigenvalue weighted by atomic mass is 9.92. The van der Waals surface area contributed by atoms with Crippen LogP contribution in [0.4, 0.5) is 0 Å². The third-order valence-electron chi connectivity index (χ3n) is 6.82. The Morgan fingerprint density at radius 3 is 2.13 bits per heavy atom. The van der Waals surface area contributed by atoms with Gasteiger partial charge in [0.05, 0.1) is 19.1 Å². The van der Waals surface area contributed by atoms with E-state index in [-0.39, 0.29) is 17.9 Å². The Kier molecular flexibility index (Phi) is 8.11. The van der Waals surface area contributed by atoms with E-state index in [2.05, 4.69) is 61.0 Å². The molecule has 6 heteroatoms. The fraction of sp³-hybridized carbons (Fsp3) is 0.680. The molecule has 1 N–H and O–H groups in total. The average molecular weight is 429 g/mol. The fourth-order valence-corrected chi connectivity index (χ4v) is 4.87. The van der Waals surface area contributed by atoms with Gasteiger partial charge in [0.25, 0.3) is 0 Å². The zero-order chi connectivity index (χ0) is 22.5. The number of hydrogen-bond acceptors (Lipinski definition) is 4. The number of piperidine rings is 1. The van der Waals surface area contributed by atoms with Crippen molar-refractivity contribution in [2.45, 2.75) is 47.1 Å². The highest BCUT2D eigenvalue weighted by atomic mass is 16.2. The Labute approximate surface area is 188 Å². The highest BCUT2D eigenvalue weighted by Crippen LogP contribution is 2.21. The van der Waals surface area contributed by atoms with Crippen molar-refractivity contribution in [3.05, 3.63) is 34.9 Å². The van der Waals surface area contributed by atoms with Gasteiger partial charge in [-0.2, -0.15) is 0 Å². The molecule has 0 saturated carbocycles. The van der Waals surface area contributed by atoms with Crippen molar-refractivity contribution < 1.29 is 9.59 Å². The molecule has 0 aliphatic carbocycles. The molecule has 2 amide bonds. The van der Waals surface area contributed by atoms with Crippen LogP contribution in [0.2, 0.25) is 0 Å². The Balaban J connectivity index is 1.39. The molecular formula is C25H40N4O2. The zero-order valence-corrected chi connectivity index (χ0v) is 20.0. The third-order valence-corrected chi connectivity index (χ3v) is 6.82. The van der Waals surface area contributed by atoms with E-state index in [1.54, 1.807) is 0 Å². The number of carbonyl (C=O) groups excluding carboxylic acids is 2. The minimum Gasteiger partial charge on any atom is -0.348 e. The molecule has 0 bridgehead atoms. The number of nitrogens with zero attached hydrogens (tertiary/aromatic N) is 3. The second kappa shape index (κ2) is 10.6. The molecule has 2 fully saturated rings. The summed E-state index contributed by atoms with van der Waals surface area (Å²) in [6.07, 6.45) is 1.21. The van der Waals surface area contributed by atoms with Gasteiger partial charge in [0, 0.05) is 39.3 Å². The Morgan fingerprint density at radius 2 is 1.55 bits per heavy atom. The van der Waals surface area contributed by atoms with Crippen LogP contribution in [-0.4, -0.2) is 78.9 Å². The maximum Gasteiger partial charge on any atom is 0.236 e. The molecule has 1 aromatic rings. The van der Waals surface area contributed by atoms with Crippen molar-refractivity contribution in [3.63, 3.8) is 0 Å². The highest BCUT2D eigenvalue weighted by molar-refractivity contribution is 5.79. The third kappa shape index (κ3) is 6.78. The summed E-state index contributed by atoms with van der Waals surface area (Å²) in [5.41, 5.74) is 3.65. The largest absolute Gasteiger partial charge is 0.348 e. The van der Waals surface area contributed by atoms with Gasteiger partial charge in [0.1, 0.15) is 0 Å². The number of rotatable bonds is 6. The van der Waals surface area contributed by atoms with Crippen LogP contribution in [0.5, 0.6) is 0 Å². The maximum atomic E-state index is 12.7. The van der Waals surface area contributed by atoms with Crippen molar-refractivity contribution in [1.29, 1.82) is 0 Å². The molecule has 2 aliphatic heterocycles. The van der Waals surface area contributed by atoms with Gasteiger partial charge < -0.3 is 10.2 Å². The summed E-state index contributed by atoms with van der Waals surface area (Å²) in [6.45, 7) is 16.7. The van der Waals surface area contributed by atoms with Crippen molar-refractivity contribution in [2.75, 3.05) is 52.4 Å². The molecule has 3 atom stereocenters. The number of carbonyl (C=O) groups is 2. The fourth-order valence-electron chi connectivity index (χ4n) is 4.87. The van der Waals surface area contributed by atoms with Crippen LogP contribution < -0.4 is 5.32 Å². The van der Waals surface area contributed by atoms with Crippen LogP contribution in [0.25, 0.3) is 0 Å². The maximum absolute atomic E-state index is 12.7. The van der Waals surface area contributed by atoms with E-state index in [0.717, 1.165) is 44.8 Å². The molecule has 6 nitrogen and oxygen atoms in total. The Morgan fingerprint density at radius 1 is 0.968 bits per heavy atom. The number of amides is 2. The first kappa shape index (κ1) is 23.7. The van der Waals surface area contributed by atoms with Crippen LogP contribution >= 0.6 is 0 Å². The summed E-state index contributed by atoms with van der Waals surface area (Å²) >= 11 is 0. The van der Waals surface area contributed by atoms with E-state index >= 15 is 0 Å². The van der Waals surface area contributed by atoms with E-state index in [1.165, 1.54) is 17.5 Å². The minimum atomic E-state index is 0.0000339. The van der Waals surface area contributed by atoms with Gasteiger partial charge in [0.2, 0.25) is 11.8 Å². The number of likely N-dealkylation sites (tertiary alicyclic amines) is 1. The molecule has 2 heterocycles. The molecular weight excluding hydrogens is 388 g/mol. The van der Waals surface area contributed by atoms with E-state index < -0.39 is 0 Å². The van der Waals surface area contributed by atoms with Gasteiger partial charge in [-0.25, -0.2) is 0 Å². The van der Waals surface area contributed by atoms with Gasteiger partial charge in [-0.1, -0.05) is 32.0 Å². The van der Waals surface area contributed by atoms with Crippen LogP contribution in [0.1, 0.15) is 49.9 Å². The summed E-state index contributed by atoms with van der Waals surface area (Å²) in [5, 5.41) is 3.13. The van der Waals surface area contributed by atoms with E-state index in [1.807, 2.05) is 11.8 Å². The van der Waals surface area contributed by atoms with Gasteiger partial charge in [-0.05, 0) is 55.7 Å². The number of hydrogen-bond donors (Lipinski definition) is 1. The van der Waals surface area contributed by atoms with Gasteiger partial charge in [0.15, 0.2) is 0 Å². The first-order valence-electron chi connectivity index (χ1n) is 11.8. The van der Waals surface area contributed by atoms with E-state index in [0.29, 0.717) is 24.9 Å². The standard InChI is InChI=1S/C25H40N4O2/c1-18-12-19(2)15-29(14-18)25(31)17-28-10-8-27(9-11-28)16-24(30)26-22(5)23-7-6-20(3)21(4)13-23/h6-7,13,18-19,22H,8-12,14-17H2,1-5H3,(H,26,30)/t18-,19+,22-/m0/s1. The SMILES string of the molecule is Cc1ccc([C@H](C)NC(=O)CN2CCN(CC(=O)N3C[C@H](C)C[C@H](C)C3)CC2)cc1C. The lowest BCUT2D eigenvalue weighted by Crippen LogP contribution is -2.53. The van der Waals surface area contributed by atoms with Crippen molar-refractivity contribution >= 4 is 11.8 Å². The Hall–Kier alpha value is -1.92. The molecule has 2 saturated heterocycles. The molecule has 0 radical (unpaired) electrons. The lowest BCUT2D eigenvalue weighted by molar-refractivity contribution is -0.135. The second-order valence-electron chi connectivity index (χ2n) is 9.93. The van der Waals surface area contributed by atoms with Crippen molar-refractivity contribution in [2.24, 2.45) is 11.8 Å². The van der Waals surface area contributed by atoms with Crippen LogP contribution in [0.3, 0.4) is 0 Å². The van der Waals surface area contributed by atoms with Crippen molar-refractivity contribution in [3.8, 4) is 0 Å². The summed E-state index contributed by atoms with van der Waals surface area (Å²) in [5.74, 6) is 1.50. The first-order chi connectivity index (χ1) is 14.7. The van der Waals surface area contributed by atoms with E-state index in [4.69, 9.17) is 0 Å². The first-order valence-corrected chi connectivity index (χ1v) is 11.8. The number of nitrogens with one attached hydrogen (secondary N) is 1. The van der Waals surface area contributed by atoms with Gasteiger partial charge in [-0.15, -0.1) is 0 Å². The second-order valence-corrected chi connectivity index (χ2v) is 9.93. The predicted molar refractivity (Wildman–Crippen MR) is 125 cm³/mol. The molecule has 2 aliphatic rings. The summed E-state index contributed by atoms with van der Waals surface area (Å²) in [7, 11) is 0. The summed E-state index contributed by atoms with van der Waals surface area (Å²) in [4.78, 5) is 31.7. The summed E-state index contributed by atoms with van der Waals surface area (Å²) in [6, 6.07) is 6.35. The molecule has 3 rings (SSSR count). The highest BCUT2D eigenvalue weighted by Gasteiger charge is 2.28. The molecule has 0 unspecified atom stereocenters. The topological polar surface area (TPSA) is 55.9 Å². The lowest BCUT2D eigenvalue weighted by Gasteiger charge is -2.38. The number of piperazine rings is 1. The van der Waals surface area contributed by atoms with Gasteiger partial charge in [-0.3, -0.25) is 19.4 Å². The molecule has 31 heavy (non-hydrogen) atoms. The predicted octanol–water partition coefficient (Wildman–Crippen LogP) is 2.60. The number of aryl methyl sites for hydroxylation is 2.